The first-order valence-electron chi connectivity index (χ1n) is 5.76. The molecule has 0 atom stereocenters. The number of hydrogen-bond acceptors (Lipinski definition) is 2. The molecule has 0 unspecified atom stereocenters. The lowest BCUT2D eigenvalue weighted by Gasteiger charge is -1.93. The number of pyridine rings is 1. The summed E-state index contributed by atoms with van der Waals surface area (Å²) in [7, 11) is 0. The fourth-order valence-electron chi connectivity index (χ4n) is 1.62. The van der Waals surface area contributed by atoms with Gasteiger partial charge in [0, 0.05) is 17.7 Å². The van der Waals surface area contributed by atoms with Gasteiger partial charge in [-0.15, -0.1) is 0 Å². The maximum atomic E-state index is 8.41. The first kappa shape index (κ1) is 12.0. The maximum absolute atomic E-state index is 8.41. The van der Waals surface area contributed by atoms with Crippen LogP contribution in [0.5, 0.6) is 0 Å². The van der Waals surface area contributed by atoms with Crippen molar-refractivity contribution in [3.8, 4) is 0 Å². The molecule has 0 fully saturated rings. The monoisotopic (exact) mass is 239 g/mol. The zero-order chi connectivity index (χ0) is 12.6. The van der Waals surface area contributed by atoms with Gasteiger partial charge in [0.2, 0.25) is 0 Å². The van der Waals surface area contributed by atoms with Gasteiger partial charge < -0.3 is 5.21 Å². The van der Waals surface area contributed by atoms with Crippen molar-refractivity contribution >= 4 is 12.3 Å². The number of hydrogen-bond donors (Lipinski definition) is 1. The highest BCUT2D eigenvalue weighted by Crippen LogP contribution is 2.00. The molecule has 1 aromatic carbocycles. The lowest BCUT2D eigenvalue weighted by molar-refractivity contribution is -0.686. The van der Waals surface area contributed by atoms with Gasteiger partial charge in [-0.05, 0) is 11.6 Å². The topological polar surface area (TPSA) is 36.5 Å². The highest BCUT2D eigenvalue weighted by molar-refractivity contribution is 5.78. The third-order valence-corrected chi connectivity index (χ3v) is 2.55. The van der Waals surface area contributed by atoms with Crippen LogP contribution in [0.2, 0.25) is 0 Å². The van der Waals surface area contributed by atoms with Crippen LogP contribution in [-0.4, -0.2) is 11.4 Å². The van der Waals surface area contributed by atoms with Gasteiger partial charge in [0.15, 0.2) is 18.9 Å². The summed E-state index contributed by atoms with van der Waals surface area (Å²) >= 11 is 0. The molecule has 3 heteroatoms. The second kappa shape index (κ2) is 6.35. The van der Waals surface area contributed by atoms with Crippen LogP contribution in [0.15, 0.2) is 66.1 Å². The number of nitrogens with zero attached hydrogens (tertiary/aromatic N) is 2. The van der Waals surface area contributed by atoms with E-state index in [-0.39, 0.29) is 0 Å². The summed E-state index contributed by atoms with van der Waals surface area (Å²) in [6, 6.07) is 14.0. The third-order valence-electron chi connectivity index (χ3n) is 2.55. The van der Waals surface area contributed by atoms with Crippen molar-refractivity contribution in [3.05, 3.63) is 72.1 Å². The molecule has 0 bridgehead atoms. The molecule has 90 valence electrons. The predicted octanol–water partition coefficient (Wildman–Crippen LogP) is 2.50. The van der Waals surface area contributed by atoms with Crippen LogP contribution >= 0.6 is 0 Å². The van der Waals surface area contributed by atoms with Gasteiger partial charge in [0.1, 0.15) is 0 Å². The molecule has 0 amide bonds. The highest BCUT2D eigenvalue weighted by atomic mass is 16.4. The second-order valence-electron chi connectivity index (χ2n) is 3.89. The second-order valence-corrected chi connectivity index (χ2v) is 3.89. The molecule has 18 heavy (non-hydrogen) atoms. The van der Waals surface area contributed by atoms with Crippen molar-refractivity contribution < 1.29 is 9.77 Å². The van der Waals surface area contributed by atoms with Crippen molar-refractivity contribution in [2.45, 2.75) is 6.54 Å². The molecule has 1 N–H and O–H groups in total. The number of aromatic nitrogens is 1. The van der Waals surface area contributed by atoms with E-state index in [1.807, 2.05) is 47.3 Å². The fourth-order valence-corrected chi connectivity index (χ4v) is 1.62. The summed E-state index contributed by atoms with van der Waals surface area (Å²) < 4.78 is 2.05. The molecule has 0 radical (unpaired) electrons. The van der Waals surface area contributed by atoms with Crippen molar-refractivity contribution in [3.63, 3.8) is 0 Å². The minimum atomic E-state index is 0.811. The van der Waals surface area contributed by atoms with Gasteiger partial charge in [-0.3, -0.25) is 0 Å². The van der Waals surface area contributed by atoms with Crippen molar-refractivity contribution in [2.75, 3.05) is 0 Å². The molecule has 3 nitrogen and oxygen atoms in total. The van der Waals surface area contributed by atoms with Crippen LogP contribution in [-0.2, 0) is 6.54 Å². The molecule has 0 aliphatic heterocycles. The predicted molar refractivity (Wildman–Crippen MR) is 71.5 cm³/mol. The summed E-state index contributed by atoms with van der Waals surface area (Å²) in [5.74, 6) is 0. The third kappa shape index (κ3) is 3.56. The van der Waals surface area contributed by atoms with Crippen molar-refractivity contribution in [1.82, 2.24) is 0 Å². The van der Waals surface area contributed by atoms with Gasteiger partial charge in [-0.25, -0.2) is 4.57 Å². The molecule has 2 aromatic rings. The van der Waals surface area contributed by atoms with Gasteiger partial charge >= 0.3 is 0 Å². The van der Waals surface area contributed by atoms with E-state index >= 15 is 0 Å². The zero-order valence-corrected chi connectivity index (χ0v) is 9.98. The minimum absolute atomic E-state index is 0.811. The Morgan fingerprint density at radius 1 is 1.00 bits per heavy atom. The lowest BCUT2D eigenvalue weighted by Crippen LogP contribution is -2.31. The molecule has 0 aliphatic rings. The quantitative estimate of drug-likeness (QED) is 0.378. The normalized spacial score (nSPS) is 11.3. The van der Waals surface area contributed by atoms with Crippen LogP contribution in [0.25, 0.3) is 6.08 Å². The summed E-state index contributed by atoms with van der Waals surface area (Å²) in [6.45, 7) is 0.811. The van der Waals surface area contributed by atoms with Gasteiger partial charge in [0.05, 0.1) is 6.21 Å². The largest absolute Gasteiger partial charge is 0.411 e. The first-order chi connectivity index (χ1) is 8.88. The van der Waals surface area contributed by atoms with Gasteiger partial charge in [-0.2, -0.15) is 0 Å². The first-order valence-corrected chi connectivity index (χ1v) is 5.76. The average Bonchev–Trinajstić information content (AvgIpc) is 2.42. The molecule has 1 aromatic heterocycles. The van der Waals surface area contributed by atoms with E-state index < -0.39 is 0 Å². The average molecular weight is 239 g/mol. The molecule has 0 spiro atoms. The Morgan fingerprint density at radius 3 is 2.39 bits per heavy atom. The summed E-state index contributed by atoms with van der Waals surface area (Å²) in [5.41, 5.74) is 2.07. The lowest BCUT2D eigenvalue weighted by atomic mass is 10.2. The number of allylic oxidation sites excluding steroid dienone is 1. The van der Waals surface area contributed by atoms with Crippen LogP contribution in [0.1, 0.15) is 11.1 Å². The van der Waals surface area contributed by atoms with E-state index in [0.717, 1.165) is 12.1 Å². The molecule has 1 heterocycles. The molecule has 0 saturated heterocycles. The Morgan fingerprint density at radius 2 is 1.72 bits per heavy atom. The Bertz CT molecular complexity index is 530. The van der Waals surface area contributed by atoms with Crippen LogP contribution < -0.4 is 4.57 Å². The van der Waals surface area contributed by atoms with E-state index in [1.165, 1.54) is 11.8 Å². The molecular formula is C15H15N2O+. The zero-order valence-electron chi connectivity index (χ0n) is 9.98. The van der Waals surface area contributed by atoms with Crippen LogP contribution in [0.3, 0.4) is 0 Å². The van der Waals surface area contributed by atoms with Crippen LogP contribution in [0.4, 0.5) is 0 Å². The summed E-state index contributed by atoms with van der Waals surface area (Å²) in [5, 5.41) is 11.4. The van der Waals surface area contributed by atoms with E-state index in [9.17, 15) is 0 Å². The summed E-state index contributed by atoms with van der Waals surface area (Å²) in [6.07, 6.45) is 9.51. The Labute approximate surface area is 106 Å². The van der Waals surface area contributed by atoms with Gasteiger partial charge in [0.25, 0.3) is 0 Å². The van der Waals surface area contributed by atoms with Crippen molar-refractivity contribution in [2.24, 2.45) is 5.16 Å². The number of benzene rings is 1. The van der Waals surface area contributed by atoms with E-state index in [2.05, 4.69) is 29.4 Å². The van der Waals surface area contributed by atoms with E-state index in [1.54, 1.807) is 0 Å². The molecule has 0 aliphatic carbocycles. The maximum Gasteiger partial charge on any atom is 0.169 e. The molecular weight excluding hydrogens is 224 g/mol. The SMILES string of the molecule is O/N=C/c1cc[n+](C/C=C\c2ccccc2)cc1. The van der Waals surface area contributed by atoms with E-state index in [0.29, 0.717) is 0 Å². The Balaban J connectivity index is 1.96. The smallest absolute Gasteiger partial charge is 0.169 e. The van der Waals surface area contributed by atoms with E-state index in [4.69, 9.17) is 5.21 Å². The highest BCUT2D eigenvalue weighted by Gasteiger charge is 1.96. The Kier molecular flexibility index (Phi) is 4.25. The van der Waals surface area contributed by atoms with Gasteiger partial charge in [-0.1, -0.05) is 41.6 Å². The fraction of sp³-hybridized carbons (Fsp3) is 0.0667. The number of oxime groups is 1. The molecule has 2 rings (SSSR count). The number of rotatable bonds is 4. The van der Waals surface area contributed by atoms with Crippen molar-refractivity contribution in [1.29, 1.82) is 0 Å². The van der Waals surface area contributed by atoms with Crippen LogP contribution in [0, 0.1) is 0 Å². The molecule has 0 saturated carbocycles. The standard InChI is InChI=1S/C15H14N2O/c18-16-13-15-8-11-17(12-9-15)10-4-7-14-5-2-1-3-6-14/h1-9,11-13H,10H2/p+1/b7-4-. The Hall–Kier alpha value is -2.42. The minimum Gasteiger partial charge on any atom is -0.411 e. The summed E-state index contributed by atoms with van der Waals surface area (Å²) in [4.78, 5) is 0.